The standard InChI is InChI=1S/C6H16S2/c1-4-8(7,5-2)6-3/h8H,4-6H2,1-3H3. The average molecular weight is 152 g/mol. The van der Waals surface area contributed by atoms with E-state index in [1.165, 1.54) is 17.3 Å². The summed E-state index contributed by atoms with van der Waals surface area (Å²) in [4.78, 5) is 0. The van der Waals surface area contributed by atoms with Crippen LogP contribution in [0.4, 0.5) is 0 Å². The molecule has 0 saturated heterocycles. The van der Waals surface area contributed by atoms with Crippen molar-refractivity contribution in [3.05, 3.63) is 0 Å². The van der Waals surface area contributed by atoms with Crippen molar-refractivity contribution in [3.8, 4) is 0 Å². The summed E-state index contributed by atoms with van der Waals surface area (Å²) in [6.45, 7) is 6.65. The molecule has 52 valence electrons. The Balaban J connectivity index is 3.79. The molecule has 0 spiro atoms. The van der Waals surface area contributed by atoms with E-state index in [1.54, 1.807) is 0 Å². The Labute approximate surface area is 58.2 Å². The zero-order valence-corrected chi connectivity index (χ0v) is 7.69. The molecular formula is C6H16S2. The highest BCUT2D eigenvalue weighted by molar-refractivity contribution is 8.40. The summed E-state index contributed by atoms with van der Waals surface area (Å²) in [5, 5.41) is 0. The van der Waals surface area contributed by atoms with Gasteiger partial charge in [0, 0.05) is 0 Å². The van der Waals surface area contributed by atoms with E-state index in [0.29, 0.717) is 0 Å². The molecule has 0 aromatic heterocycles. The van der Waals surface area contributed by atoms with Gasteiger partial charge < -0.3 is 0 Å². The molecule has 0 aliphatic rings. The van der Waals surface area contributed by atoms with Gasteiger partial charge in [-0.05, 0) is 17.3 Å². The molecule has 0 radical (unpaired) electrons. The monoisotopic (exact) mass is 152 g/mol. The molecule has 0 fully saturated rings. The first-order valence-corrected chi connectivity index (χ1v) is 6.61. The maximum absolute atomic E-state index is 5.42. The quantitative estimate of drug-likeness (QED) is 0.596. The van der Waals surface area contributed by atoms with E-state index in [1.807, 2.05) is 0 Å². The predicted octanol–water partition coefficient (Wildman–Crippen LogP) is 1.39. The fourth-order valence-corrected chi connectivity index (χ4v) is 2.01. The minimum atomic E-state index is -0.829. The molecule has 0 aromatic rings. The minimum absolute atomic E-state index is 0.829. The van der Waals surface area contributed by atoms with E-state index >= 15 is 0 Å². The van der Waals surface area contributed by atoms with Crippen LogP contribution < -0.4 is 0 Å². The van der Waals surface area contributed by atoms with E-state index in [2.05, 4.69) is 20.8 Å². The van der Waals surface area contributed by atoms with Gasteiger partial charge in [-0.25, -0.2) is 8.59 Å². The Morgan fingerprint density at radius 1 is 1.00 bits per heavy atom. The fourth-order valence-electron chi connectivity index (χ4n) is 0.671. The maximum atomic E-state index is 5.42. The van der Waals surface area contributed by atoms with E-state index in [4.69, 9.17) is 11.2 Å². The van der Waals surface area contributed by atoms with Crippen LogP contribution in [0.5, 0.6) is 0 Å². The minimum Gasteiger partial charge on any atom is -0.206 e. The van der Waals surface area contributed by atoms with Crippen molar-refractivity contribution in [2.75, 3.05) is 17.3 Å². The fraction of sp³-hybridized carbons (Fsp3) is 1.00. The maximum Gasteiger partial charge on any atom is -0.0228 e. The summed E-state index contributed by atoms with van der Waals surface area (Å²) in [7, 11) is -0.829. The van der Waals surface area contributed by atoms with Crippen molar-refractivity contribution in [1.82, 2.24) is 0 Å². The Morgan fingerprint density at radius 3 is 1.25 bits per heavy atom. The topological polar surface area (TPSA) is 0 Å². The summed E-state index contributed by atoms with van der Waals surface area (Å²) in [6, 6.07) is 0. The molecule has 2 heteroatoms. The first-order chi connectivity index (χ1) is 3.68. The molecular weight excluding hydrogens is 136 g/mol. The van der Waals surface area contributed by atoms with Crippen molar-refractivity contribution in [2.24, 2.45) is 0 Å². The lowest BCUT2D eigenvalue weighted by Crippen LogP contribution is -2.18. The molecule has 0 nitrogen and oxygen atoms in total. The van der Waals surface area contributed by atoms with Crippen LogP contribution in [0.15, 0.2) is 0 Å². The van der Waals surface area contributed by atoms with E-state index in [0.717, 1.165) is 0 Å². The van der Waals surface area contributed by atoms with Gasteiger partial charge in [-0.1, -0.05) is 32.0 Å². The second kappa shape index (κ2) is 3.57. The lowest BCUT2D eigenvalue weighted by molar-refractivity contribution is 1.37. The summed E-state index contributed by atoms with van der Waals surface area (Å²) >= 11 is 5.42. The van der Waals surface area contributed by atoms with Crippen molar-refractivity contribution >= 4 is 19.8 Å². The Bertz CT molecular complexity index is 77.7. The number of rotatable bonds is 3. The summed E-state index contributed by atoms with van der Waals surface area (Å²) in [5.74, 6) is 3.74. The van der Waals surface area contributed by atoms with E-state index in [-0.39, 0.29) is 0 Å². The third-order valence-electron chi connectivity index (χ3n) is 1.73. The molecule has 0 unspecified atom stereocenters. The van der Waals surface area contributed by atoms with Gasteiger partial charge in [0.15, 0.2) is 0 Å². The summed E-state index contributed by atoms with van der Waals surface area (Å²) in [5.41, 5.74) is 0. The molecule has 0 amide bonds. The molecule has 0 heterocycles. The van der Waals surface area contributed by atoms with Crippen LogP contribution in [-0.4, -0.2) is 17.3 Å². The zero-order valence-electron chi connectivity index (χ0n) is 5.98. The molecule has 0 bridgehead atoms. The van der Waals surface area contributed by atoms with Crippen LogP contribution in [0.3, 0.4) is 0 Å². The predicted molar refractivity (Wildman–Crippen MR) is 47.7 cm³/mol. The van der Waals surface area contributed by atoms with E-state index in [9.17, 15) is 0 Å². The molecule has 0 aliphatic heterocycles. The second-order valence-corrected chi connectivity index (χ2v) is 8.34. The Kier molecular flexibility index (Phi) is 3.82. The van der Waals surface area contributed by atoms with Gasteiger partial charge in [0.2, 0.25) is 0 Å². The van der Waals surface area contributed by atoms with Crippen LogP contribution in [0.25, 0.3) is 0 Å². The molecule has 0 N–H and O–H groups in total. The second-order valence-electron chi connectivity index (χ2n) is 2.01. The Hall–Kier alpha value is 0.570. The van der Waals surface area contributed by atoms with Gasteiger partial charge in [0.1, 0.15) is 0 Å². The van der Waals surface area contributed by atoms with Crippen LogP contribution in [0.2, 0.25) is 0 Å². The van der Waals surface area contributed by atoms with E-state index < -0.39 is 8.59 Å². The van der Waals surface area contributed by atoms with Gasteiger partial charge in [0.25, 0.3) is 0 Å². The molecule has 0 aliphatic carbocycles. The highest BCUT2D eigenvalue weighted by Gasteiger charge is 2.00. The molecule has 0 rings (SSSR count). The molecule has 8 heavy (non-hydrogen) atoms. The third kappa shape index (κ3) is 2.23. The van der Waals surface area contributed by atoms with Crippen LogP contribution in [0, 0.1) is 0 Å². The first kappa shape index (κ1) is 8.57. The van der Waals surface area contributed by atoms with Crippen molar-refractivity contribution < 1.29 is 0 Å². The SMILES string of the molecule is CC[SH](=S)(CC)CC. The number of thiol groups is 1. The summed E-state index contributed by atoms with van der Waals surface area (Å²) < 4.78 is 0. The van der Waals surface area contributed by atoms with Gasteiger partial charge in [-0.15, -0.1) is 0 Å². The van der Waals surface area contributed by atoms with Gasteiger partial charge in [-0.3, -0.25) is 0 Å². The van der Waals surface area contributed by atoms with Crippen LogP contribution in [-0.2, 0) is 19.8 Å². The van der Waals surface area contributed by atoms with Crippen LogP contribution >= 0.6 is 0 Å². The number of hydrogen-bond donors (Lipinski definition) is 1. The normalized spacial score (nSPS) is 13.9. The lowest BCUT2D eigenvalue weighted by Gasteiger charge is -2.20. The highest BCUT2D eigenvalue weighted by atomic mass is 32.9. The van der Waals surface area contributed by atoms with Crippen molar-refractivity contribution in [1.29, 1.82) is 0 Å². The van der Waals surface area contributed by atoms with Gasteiger partial charge in [-0.2, -0.15) is 0 Å². The smallest absolute Gasteiger partial charge is 0.0228 e. The molecule has 0 aromatic carbocycles. The molecule has 0 atom stereocenters. The van der Waals surface area contributed by atoms with Crippen molar-refractivity contribution in [3.63, 3.8) is 0 Å². The summed E-state index contributed by atoms with van der Waals surface area (Å²) in [6.07, 6.45) is 0. The highest BCUT2D eigenvalue weighted by Crippen LogP contribution is 2.02. The average Bonchev–Trinajstić information content (AvgIpc) is 1.87. The molecule has 0 saturated carbocycles. The van der Waals surface area contributed by atoms with Crippen molar-refractivity contribution in [2.45, 2.75) is 20.8 Å². The first-order valence-electron chi connectivity index (χ1n) is 3.25. The van der Waals surface area contributed by atoms with Gasteiger partial charge >= 0.3 is 0 Å². The zero-order chi connectivity index (χ0) is 6.62. The third-order valence-corrected chi connectivity index (χ3v) is 7.51. The number of hydrogen-bond acceptors (Lipinski definition) is 1. The largest absolute Gasteiger partial charge is 0.206 e. The van der Waals surface area contributed by atoms with Gasteiger partial charge in [0.05, 0.1) is 0 Å². The lowest BCUT2D eigenvalue weighted by atomic mass is 10.9. The Morgan fingerprint density at radius 2 is 1.25 bits per heavy atom. The van der Waals surface area contributed by atoms with Crippen LogP contribution in [0.1, 0.15) is 20.8 Å².